The van der Waals surface area contributed by atoms with E-state index in [9.17, 15) is 0 Å². The number of fused-ring (bicyclic) bond motifs is 1. The summed E-state index contributed by atoms with van der Waals surface area (Å²) in [4.78, 5) is 8.30. The lowest BCUT2D eigenvalue weighted by Gasteiger charge is -2.18. The largest absolute Gasteiger partial charge is 0.342 e. The Hall–Kier alpha value is -1.31. The van der Waals surface area contributed by atoms with Gasteiger partial charge in [-0.1, -0.05) is 19.3 Å². The maximum atomic E-state index is 4.78. The lowest BCUT2D eigenvalue weighted by atomic mass is 9.89. The normalized spacial score (nSPS) is 17.8. The Morgan fingerprint density at radius 1 is 1.06 bits per heavy atom. The molecule has 1 aromatic carbocycles. The fraction of sp³-hybridized carbons (Fsp3) is 0.533. The second-order valence-electron chi connectivity index (χ2n) is 5.41. The molecular formula is C15H20N2. The molecule has 0 bridgehead atoms. The van der Waals surface area contributed by atoms with Gasteiger partial charge in [-0.05, 0) is 49.9 Å². The zero-order valence-electron chi connectivity index (χ0n) is 10.7. The summed E-state index contributed by atoms with van der Waals surface area (Å²) >= 11 is 0. The van der Waals surface area contributed by atoms with Gasteiger partial charge in [0.15, 0.2) is 0 Å². The highest BCUT2D eigenvalue weighted by molar-refractivity contribution is 5.77. The van der Waals surface area contributed by atoms with E-state index in [-0.39, 0.29) is 0 Å². The Morgan fingerprint density at radius 2 is 1.76 bits per heavy atom. The summed E-state index contributed by atoms with van der Waals surface area (Å²) in [6, 6.07) is 4.43. The van der Waals surface area contributed by atoms with Crippen LogP contribution in [0.2, 0.25) is 0 Å². The number of hydrogen-bond donors (Lipinski definition) is 1. The monoisotopic (exact) mass is 228 g/mol. The molecule has 1 fully saturated rings. The van der Waals surface area contributed by atoms with E-state index < -0.39 is 0 Å². The summed E-state index contributed by atoms with van der Waals surface area (Å²) in [6.45, 7) is 4.32. The maximum Gasteiger partial charge on any atom is 0.110 e. The van der Waals surface area contributed by atoms with E-state index in [0.29, 0.717) is 5.92 Å². The van der Waals surface area contributed by atoms with E-state index in [4.69, 9.17) is 4.98 Å². The first-order valence-corrected chi connectivity index (χ1v) is 6.71. The predicted octanol–water partition coefficient (Wildman–Crippen LogP) is 4.23. The van der Waals surface area contributed by atoms with Gasteiger partial charge in [0.05, 0.1) is 11.0 Å². The molecule has 2 heteroatoms. The average Bonchev–Trinajstić information content (AvgIpc) is 2.74. The van der Waals surface area contributed by atoms with Crippen molar-refractivity contribution in [3.8, 4) is 0 Å². The summed E-state index contributed by atoms with van der Waals surface area (Å²) in [5, 5.41) is 0. The molecule has 1 aromatic heterocycles. The summed E-state index contributed by atoms with van der Waals surface area (Å²) in [5.41, 5.74) is 5.01. The molecule has 1 N–H and O–H groups in total. The summed E-state index contributed by atoms with van der Waals surface area (Å²) < 4.78 is 0. The number of H-pyrrole nitrogens is 1. The summed E-state index contributed by atoms with van der Waals surface area (Å²) in [7, 11) is 0. The third-order valence-corrected chi connectivity index (χ3v) is 4.11. The van der Waals surface area contributed by atoms with E-state index in [0.717, 1.165) is 5.52 Å². The number of aromatic nitrogens is 2. The van der Waals surface area contributed by atoms with Gasteiger partial charge < -0.3 is 4.98 Å². The Morgan fingerprint density at radius 3 is 2.53 bits per heavy atom. The second kappa shape index (κ2) is 4.17. The molecule has 0 atom stereocenters. The quantitative estimate of drug-likeness (QED) is 0.777. The van der Waals surface area contributed by atoms with Crippen molar-refractivity contribution in [2.24, 2.45) is 0 Å². The van der Waals surface area contributed by atoms with Crippen molar-refractivity contribution in [3.63, 3.8) is 0 Å². The van der Waals surface area contributed by atoms with Crippen LogP contribution in [0, 0.1) is 13.8 Å². The Kier molecular flexibility index (Phi) is 2.65. The molecule has 0 saturated heterocycles. The number of imidazole rings is 1. The van der Waals surface area contributed by atoms with Gasteiger partial charge in [0.1, 0.15) is 5.82 Å². The number of hydrogen-bond acceptors (Lipinski definition) is 1. The third-order valence-electron chi connectivity index (χ3n) is 4.11. The lowest BCUT2D eigenvalue weighted by molar-refractivity contribution is 0.431. The van der Waals surface area contributed by atoms with Gasteiger partial charge in [0.2, 0.25) is 0 Å². The standard InChI is InChI=1S/C15H20N2/c1-10-8-13-14(9-11(10)2)17-15(16-13)12-6-4-3-5-7-12/h8-9,12H,3-7H2,1-2H3,(H,16,17). The van der Waals surface area contributed by atoms with Gasteiger partial charge in [-0.3, -0.25) is 0 Å². The second-order valence-corrected chi connectivity index (χ2v) is 5.41. The van der Waals surface area contributed by atoms with E-state index >= 15 is 0 Å². The van der Waals surface area contributed by atoms with Crippen LogP contribution >= 0.6 is 0 Å². The van der Waals surface area contributed by atoms with Crippen LogP contribution in [0.3, 0.4) is 0 Å². The molecule has 0 radical (unpaired) electrons. The first-order chi connectivity index (χ1) is 8.24. The van der Waals surface area contributed by atoms with Gasteiger partial charge in [0.25, 0.3) is 0 Å². The third kappa shape index (κ3) is 1.97. The van der Waals surface area contributed by atoms with Crippen LogP contribution in [0.5, 0.6) is 0 Å². The molecule has 1 aliphatic rings. The van der Waals surface area contributed by atoms with Gasteiger partial charge in [-0.25, -0.2) is 4.98 Å². The van der Waals surface area contributed by atoms with E-state index in [1.807, 2.05) is 0 Å². The van der Waals surface area contributed by atoms with E-state index in [2.05, 4.69) is 31.0 Å². The molecule has 0 unspecified atom stereocenters. The predicted molar refractivity (Wildman–Crippen MR) is 71.4 cm³/mol. The smallest absolute Gasteiger partial charge is 0.110 e. The van der Waals surface area contributed by atoms with Crippen LogP contribution in [0.1, 0.15) is 55.0 Å². The fourth-order valence-electron chi connectivity index (χ4n) is 2.86. The van der Waals surface area contributed by atoms with Crippen molar-refractivity contribution < 1.29 is 0 Å². The SMILES string of the molecule is Cc1cc2nc(C3CCCCC3)[nH]c2cc1C. The highest BCUT2D eigenvalue weighted by Crippen LogP contribution is 2.32. The fourth-order valence-corrected chi connectivity index (χ4v) is 2.86. The zero-order chi connectivity index (χ0) is 11.8. The molecule has 0 aliphatic heterocycles. The number of benzene rings is 1. The molecule has 2 nitrogen and oxygen atoms in total. The van der Waals surface area contributed by atoms with Crippen molar-refractivity contribution in [3.05, 3.63) is 29.1 Å². The molecule has 1 heterocycles. The van der Waals surface area contributed by atoms with Crippen LogP contribution in [-0.2, 0) is 0 Å². The van der Waals surface area contributed by atoms with Crippen molar-refractivity contribution in [2.75, 3.05) is 0 Å². The molecule has 0 spiro atoms. The van der Waals surface area contributed by atoms with Crippen LogP contribution in [0.25, 0.3) is 11.0 Å². The molecule has 17 heavy (non-hydrogen) atoms. The average molecular weight is 228 g/mol. The molecule has 3 rings (SSSR count). The minimum Gasteiger partial charge on any atom is -0.342 e. The topological polar surface area (TPSA) is 28.7 Å². The molecule has 1 aliphatic carbocycles. The van der Waals surface area contributed by atoms with Crippen molar-refractivity contribution in [2.45, 2.75) is 51.9 Å². The Balaban J connectivity index is 2.00. The molecular weight excluding hydrogens is 208 g/mol. The zero-order valence-corrected chi connectivity index (χ0v) is 10.7. The highest BCUT2D eigenvalue weighted by atomic mass is 14.9. The van der Waals surface area contributed by atoms with Crippen molar-refractivity contribution in [1.29, 1.82) is 0 Å². The lowest BCUT2D eigenvalue weighted by Crippen LogP contribution is -2.05. The van der Waals surface area contributed by atoms with Crippen LogP contribution in [-0.4, -0.2) is 9.97 Å². The number of rotatable bonds is 1. The molecule has 0 amide bonds. The van der Waals surface area contributed by atoms with Gasteiger partial charge in [-0.15, -0.1) is 0 Å². The molecule has 1 saturated carbocycles. The van der Waals surface area contributed by atoms with Gasteiger partial charge in [-0.2, -0.15) is 0 Å². The van der Waals surface area contributed by atoms with Gasteiger partial charge >= 0.3 is 0 Å². The molecule has 2 aromatic rings. The Labute approximate surface area is 102 Å². The van der Waals surface area contributed by atoms with Crippen LogP contribution in [0.4, 0.5) is 0 Å². The Bertz CT molecular complexity index is 494. The van der Waals surface area contributed by atoms with Crippen molar-refractivity contribution >= 4 is 11.0 Å². The summed E-state index contributed by atoms with van der Waals surface area (Å²) in [5.74, 6) is 1.88. The maximum absolute atomic E-state index is 4.78. The van der Waals surface area contributed by atoms with Gasteiger partial charge in [0, 0.05) is 5.92 Å². The number of aryl methyl sites for hydroxylation is 2. The number of aromatic amines is 1. The summed E-state index contributed by atoms with van der Waals surface area (Å²) in [6.07, 6.45) is 6.73. The molecule has 90 valence electrons. The van der Waals surface area contributed by atoms with Crippen LogP contribution < -0.4 is 0 Å². The van der Waals surface area contributed by atoms with E-state index in [1.54, 1.807) is 0 Å². The van der Waals surface area contributed by atoms with Crippen LogP contribution in [0.15, 0.2) is 12.1 Å². The minimum absolute atomic E-state index is 0.664. The van der Waals surface area contributed by atoms with E-state index in [1.165, 1.54) is 54.6 Å². The minimum atomic E-state index is 0.664. The highest BCUT2D eigenvalue weighted by Gasteiger charge is 2.18. The first kappa shape index (κ1) is 10.8. The first-order valence-electron chi connectivity index (χ1n) is 6.71. The van der Waals surface area contributed by atoms with Crippen molar-refractivity contribution in [1.82, 2.24) is 9.97 Å². The number of nitrogens with zero attached hydrogens (tertiary/aromatic N) is 1. The number of nitrogens with one attached hydrogen (secondary N) is 1.